The zero-order valence-corrected chi connectivity index (χ0v) is 23.1. The minimum atomic E-state index is -3.47. The van der Waals surface area contributed by atoms with Gasteiger partial charge in [0.15, 0.2) is 0 Å². The first-order valence-electron chi connectivity index (χ1n) is 12.9. The average Bonchev–Trinajstić information content (AvgIpc) is 3.45. The molecule has 3 rings (SSSR count). The third kappa shape index (κ3) is 7.79. The van der Waals surface area contributed by atoms with Gasteiger partial charge in [0.25, 0.3) is 0 Å². The molecule has 8 nitrogen and oxygen atoms in total. The van der Waals surface area contributed by atoms with E-state index in [0.29, 0.717) is 38.5 Å². The maximum absolute atomic E-state index is 13.3. The molecule has 1 aliphatic rings. The minimum absolute atomic E-state index is 0.142. The largest absolute Gasteiger partial charge is 0.497 e. The van der Waals surface area contributed by atoms with Crippen LogP contribution in [0.1, 0.15) is 51.2 Å². The van der Waals surface area contributed by atoms with Crippen LogP contribution in [0, 0.1) is 5.92 Å². The van der Waals surface area contributed by atoms with E-state index in [1.54, 1.807) is 43.2 Å². The van der Waals surface area contributed by atoms with Crippen LogP contribution in [0.4, 0.5) is 0 Å². The summed E-state index contributed by atoms with van der Waals surface area (Å²) in [5.41, 5.74) is 1.77. The van der Waals surface area contributed by atoms with Crippen molar-refractivity contribution in [3.63, 3.8) is 0 Å². The standard InChI is InChI=1S/C28H39N3O5S/c1-21(2)19-29-28(33)22(3)31(20-24-7-12-25(36-4)13-8-24)27(32)16-11-23-9-14-26(15-10-23)37(34,35)30-17-5-6-18-30/h7-10,12-15,21-22H,5-6,11,16-20H2,1-4H3,(H,29,33)/t22-/m0/s1. The van der Waals surface area contributed by atoms with Crippen molar-refractivity contribution in [1.82, 2.24) is 14.5 Å². The van der Waals surface area contributed by atoms with Crippen molar-refractivity contribution in [2.75, 3.05) is 26.7 Å². The number of hydrogen-bond acceptors (Lipinski definition) is 5. The van der Waals surface area contributed by atoms with Gasteiger partial charge in [-0.25, -0.2) is 8.42 Å². The molecule has 0 spiro atoms. The van der Waals surface area contributed by atoms with Gasteiger partial charge in [-0.2, -0.15) is 4.31 Å². The highest BCUT2D eigenvalue weighted by atomic mass is 32.2. The van der Waals surface area contributed by atoms with E-state index in [-0.39, 0.29) is 23.1 Å². The van der Waals surface area contributed by atoms with Crippen molar-refractivity contribution in [2.24, 2.45) is 5.92 Å². The van der Waals surface area contributed by atoms with Crippen molar-refractivity contribution in [3.8, 4) is 5.75 Å². The zero-order chi connectivity index (χ0) is 27.0. The Bertz CT molecular complexity index is 1140. The zero-order valence-electron chi connectivity index (χ0n) is 22.3. The summed E-state index contributed by atoms with van der Waals surface area (Å²) in [5, 5.41) is 2.92. The molecular weight excluding hydrogens is 490 g/mol. The topological polar surface area (TPSA) is 96.0 Å². The van der Waals surface area contributed by atoms with Crippen LogP contribution in [0.2, 0.25) is 0 Å². The number of rotatable bonds is 12. The molecule has 202 valence electrons. The van der Waals surface area contributed by atoms with Gasteiger partial charge in [0.05, 0.1) is 12.0 Å². The van der Waals surface area contributed by atoms with E-state index in [0.717, 1.165) is 29.7 Å². The van der Waals surface area contributed by atoms with Gasteiger partial charge in [-0.3, -0.25) is 9.59 Å². The molecule has 1 heterocycles. The number of nitrogens with zero attached hydrogens (tertiary/aromatic N) is 2. The number of aryl methyl sites for hydroxylation is 1. The molecule has 0 bridgehead atoms. The Kier molecular flexibility index (Phi) is 10.1. The summed E-state index contributed by atoms with van der Waals surface area (Å²) in [7, 11) is -1.87. The van der Waals surface area contributed by atoms with Gasteiger partial charge in [-0.05, 0) is 67.5 Å². The lowest BCUT2D eigenvalue weighted by molar-refractivity contribution is -0.140. The van der Waals surface area contributed by atoms with Gasteiger partial charge in [0.1, 0.15) is 11.8 Å². The summed E-state index contributed by atoms with van der Waals surface area (Å²) >= 11 is 0. The minimum Gasteiger partial charge on any atom is -0.497 e. The van der Waals surface area contributed by atoms with Crippen LogP contribution in [0.3, 0.4) is 0 Å². The van der Waals surface area contributed by atoms with E-state index in [1.165, 1.54) is 4.31 Å². The van der Waals surface area contributed by atoms with Crippen LogP contribution < -0.4 is 10.1 Å². The molecule has 2 aromatic rings. The number of ether oxygens (including phenoxy) is 1. The van der Waals surface area contributed by atoms with Crippen LogP contribution in [0.5, 0.6) is 5.75 Å². The summed E-state index contributed by atoms with van der Waals surface area (Å²) in [5.74, 6) is 0.697. The molecule has 1 atom stereocenters. The Balaban J connectivity index is 1.69. The lowest BCUT2D eigenvalue weighted by Crippen LogP contribution is -2.48. The van der Waals surface area contributed by atoms with Crippen molar-refractivity contribution < 1.29 is 22.7 Å². The summed E-state index contributed by atoms with van der Waals surface area (Å²) in [6, 6.07) is 13.6. The van der Waals surface area contributed by atoms with Gasteiger partial charge in [-0.15, -0.1) is 0 Å². The van der Waals surface area contributed by atoms with E-state index in [1.807, 2.05) is 38.1 Å². The Hall–Kier alpha value is -2.91. The van der Waals surface area contributed by atoms with E-state index in [4.69, 9.17) is 4.74 Å². The smallest absolute Gasteiger partial charge is 0.243 e. The third-order valence-electron chi connectivity index (χ3n) is 6.62. The number of methoxy groups -OCH3 is 1. The molecule has 2 aromatic carbocycles. The second-order valence-electron chi connectivity index (χ2n) is 9.94. The number of carbonyl (C=O) groups excluding carboxylic acids is 2. The first kappa shape index (κ1) is 28.7. The molecule has 0 aromatic heterocycles. The number of sulfonamides is 1. The molecule has 1 saturated heterocycles. The highest BCUT2D eigenvalue weighted by Crippen LogP contribution is 2.22. The first-order valence-corrected chi connectivity index (χ1v) is 14.3. The van der Waals surface area contributed by atoms with Gasteiger partial charge in [0.2, 0.25) is 21.8 Å². The fraction of sp³-hybridized carbons (Fsp3) is 0.500. The predicted molar refractivity (Wildman–Crippen MR) is 144 cm³/mol. The summed E-state index contributed by atoms with van der Waals surface area (Å²) in [6.45, 7) is 7.75. The Labute approximate surface area is 221 Å². The monoisotopic (exact) mass is 529 g/mol. The predicted octanol–water partition coefficient (Wildman–Crippen LogP) is 3.60. The van der Waals surface area contributed by atoms with Gasteiger partial charge in [0, 0.05) is 32.6 Å². The van der Waals surface area contributed by atoms with E-state index < -0.39 is 16.1 Å². The second kappa shape index (κ2) is 13.1. The summed E-state index contributed by atoms with van der Waals surface area (Å²) in [6.07, 6.45) is 2.43. The molecule has 1 N–H and O–H groups in total. The Morgan fingerprint density at radius 3 is 2.14 bits per heavy atom. The lowest BCUT2D eigenvalue weighted by Gasteiger charge is -2.29. The second-order valence-corrected chi connectivity index (χ2v) is 11.9. The Morgan fingerprint density at radius 2 is 1.57 bits per heavy atom. The van der Waals surface area contributed by atoms with Crippen LogP contribution >= 0.6 is 0 Å². The normalized spacial score (nSPS) is 14.9. The van der Waals surface area contributed by atoms with Crippen molar-refractivity contribution in [3.05, 3.63) is 59.7 Å². The summed E-state index contributed by atoms with van der Waals surface area (Å²) < 4.78 is 32.3. The highest BCUT2D eigenvalue weighted by molar-refractivity contribution is 7.89. The van der Waals surface area contributed by atoms with E-state index in [2.05, 4.69) is 5.32 Å². The molecular formula is C28H39N3O5S. The first-order chi connectivity index (χ1) is 17.6. The maximum atomic E-state index is 13.3. The SMILES string of the molecule is COc1ccc(CN(C(=O)CCc2ccc(S(=O)(=O)N3CCCC3)cc2)[C@@H](C)C(=O)NCC(C)C)cc1. The molecule has 1 aliphatic heterocycles. The fourth-order valence-electron chi connectivity index (χ4n) is 4.26. The molecule has 9 heteroatoms. The van der Waals surface area contributed by atoms with Crippen LogP contribution in [-0.4, -0.2) is 62.2 Å². The lowest BCUT2D eigenvalue weighted by atomic mass is 10.1. The number of carbonyl (C=O) groups is 2. The molecule has 0 unspecified atom stereocenters. The average molecular weight is 530 g/mol. The van der Waals surface area contributed by atoms with Crippen molar-refractivity contribution >= 4 is 21.8 Å². The highest BCUT2D eigenvalue weighted by Gasteiger charge is 2.28. The molecule has 37 heavy (non-hydrogen) atoms. The number of amides is 2. The van der Waals surface area contributed by atoms with E-state index in [9.17, 15) is 18.0 Å². The third-order valence-corrected chi connectivity index (χ3v) is 8.53. The quantitative estimate of drug-likeness (QED) is 0.453. The van der Waals surface area contributed by atoms with Gasteiger partial charge >= 0.3 is 0 Å². The summed E-state index contributed by atoms with van der Waals surface area (Å²) in [4.78, 5) is 28.0. The molecule has 2 amide bonds. The molecule has 0 aliphatic carbocycles. The number of nitrogens with one attached hydrogen (secondary N) is 1. The maximum Gasteiger partial charge on any atom is 0.243 e. The van der Waals surface area contributed by atoms with Crippen LogP contribution in [-0.2, 0) is 32.6 Å². The van der Waals surface area contributed by atoms with Crippen LogP contribution in [0.15, 0.2) is 53.4 Å². The number of hydrogen-bond donors (Lipinski definition) is 1. The molecule has 0 radical (unpaired) electrons. The van der Waals surface area contributed by atoms with Gasteiger partial charge in [-0.1, -0.05) is 38.1 Å². The van der Waals surface area contributed by atoms with Crippen molar-refractivity contribution in [2.45, 2.75) is 63.9 Å². The van der Waals surface area contributed by atoms with Crippen molar-refractivity contribution in [1.29, 1.82) is 0 Å². The van der Waals surface area contributed by atoms with Crippen LogP contribution in [0.25, 0.3) is 0 Å². The van der Waals surface area contributed by atoms with Gasteiger partial charge < -0.3 is 15.0 Å². The number of benzene rings is 2. The Morgan fingerprint density at radius 1 is 0.973 bits per heavy atom. The van der Waals surface area contributed by atoms with E-state index >= 15 is 0 Å². The molecule has 0 saturated carbocycles. The fourth-order valence-corrected chi connectivity index (χ4v) is 5.78. The molecule has 1 fully saturated rings.